The van der Waals surface area contributed by atoms with Crippen molar-refractivity contribution < 1.29 is 4.79 Å². The maximum atomic E-state index is 12.7. The standard InChI is InChI=1S/C17H22N4O.ClH/c1-13-3-5-14(6-4-13)11-16(22)21-10-7-18-12-15(21)17-19-8-9-20(17)2;/h3-6,8-9,15,18H,7,10-12H2,1-2H3;1H. The Hall–Kier alpha value is -1.85. The summed E-state index contributed by atoms with van der Waals surface area (Å²) < 4.78 is 1.99. The number of benzene rings is 1. The largest absolute Gasteiger partial charge is 0.336 e. The summed E-state index contributed by atoms with van der Waals surface area (Å²) in [6.07, 6.45) is 4.15. The minimum Gasteiger partial charge on any atom is -0.336 e. The third-order valence-electron chi connectivity index (χ3n) is 4.20. The van der Waals surface area contributed by atoms with Gasteiger partial charge in [-0.1, -0.05) is 29.8 Å². The van der Waals surface area contributed by atoms with Gasteiger partial charge in [0, 0.05) is 39.1 Å². The SMILES string of the molecule is Cc1ccc(CC(=O)N2CCNCC2c2nccn2C)cc1.Cl. The zero-order valence-corrected chi connectivity index (χ0v) is 14.3. The predicted molar refractivity (Wildman–Crippen MR) is 92.7 cm³/mol. The molecule has 2 aromatic rings. The van der Waals surface area contributed by atoms with Crippen LogP contribution < -0.4 is 5.32 Å². The van der Waals surface area contributed by atoms with E-state index in [0.717, 1.165) is 31.0 Å². The maximum absolute atomic E-state index is 12.7. The Morgan fingerprint density at radius 2 is 2.09 bits per heavy atom. The number of hydrogen-bond donors (Lipinski definition) is 1. The molecule has 1 saturated heterocycles. The molecule has 5 nitrogen and oxygen atoms in total. The van der Waals surface area contributed by atoms with Crippen LogP contribution in [-0.4, -0.2) is 40.0 Å². The second kappa shape index (κ2) is 7.62. The van der Waals surface area contributed by atoms with E-state index in [1.807, 2.05) is 34.8 Å². The van der Waals surface area contributed by atoms with Crippen LogP contribution in [0.1, 0.15) is 23.0 Å². The van der Waals surface area contributed by atoms with Gasteiger partial charge in [0.05, 0.1) is 6.42 Å². The van der Waals surface area contributed by atoms with E-state index in [1.165, 1.54) is 5.56 Å². The van der Waals surface area contributed by atoms with Gasteiger partial charge in [-0.3, -0.25) is 4.79 Å². The highest BCUT2D eigenvalue weighted by Gasteiger charge is 2.30. The lowest BCUT2D eigenvalue weighted by Gasteiger charge is -2.35. The second-order valence-corrected chi connectivity index (χ2v) is 5.87. The van der Waals surface area contributed by atoms with Crippen LogP contribution in [0.5, 0.6) is 0 Å². The average Bonchev–Trinajstić information content (AvgIpc) is 2.95. The number of aryl methyl sites for hydroxylation is 2. The molecule has 2 heterocycles. The number of aromatic nitrogens is 2. The third kappa shape index (κ3) is 3.92. The van der Waals surface area contributed by atoms with E-state index in [2.05, 4.69) is 29.4 Å². The minimum atomic E-state index is 0. The average molecular weight is 335 g/mol. The van der Waals surface area contributed by atoms with Gasteiger partial charge in [-0.2, -0.15) is 0 Å². The van der Waals surface area contributed by atoms with E-state index in [9.17, 15) is 4.79 Å². The Balaban J connectivity index is 0.00000192. The molecule has 0 radical (unpaired) electrons. The molecule has 0 spiro atoms. The molecular formula is C17H23ClN4O. The molecule has 6 heteroatoms. The zero-order valence-electron chi connectivity index (χ0n) is 13.5. The van der Waals surface area contributed by atoms with Crippen LogP contribution >= 0.6 is 12.4 Å². The van der Waals surface area contributed by atoms with Crippen LogP contribution in [0.4, 0.5) is 0 Å². The van der Waals surface area contributed by atoms with Gasteiger partial charge in [-0.25, -0.2) is 4.98 Å². The van der Waals surface area contributed by atoms with E-state index >= 15 is 0 Å². The van der Waals surface area contributed by atoms with Crippen LogP contribution in [0.25, 0.3) is 0 Å². The monoisotopic (exact) mass is 334 g/mol. The van der Waals surface area contributed by atoms with Gasteiger partial charge in [0.15, 0.2) is 0 Å². The molecule has 0 saturated carbocycles. The van der Waals surface area contributed by atoms with Crippen LogP contribution in [-0.2, 0) is 18.3 Å². The summed E-state index contributed by atoms with van der Waals surface area (Å²) in [5.74, 6) is 1.10. The number of amides is 1. The van der Waals surface area contributed by atoms with E-state index in [-0.39, 0.29) is 24.4 Å². The molecule has 23 heavy (non-hydrogen) atoms. The first-order valence-corrected chi connectivity index (χ1v) is 7.68. The van der Waals surface area contributed by atoms with Crippen molar-refractivity contribution in [2.45, 2.75) is 19.4 Å². The second-order valence-electron chi connectivity index (χ2n) is 5.87. The molecule has 1 amide bonds. The highest BCUT2D eigenvalue weighted by Crippen LogP contribution is 2.21. The number of carbonyl (C=O) groups is 1. The molecule has 1 fully saturated rings. The summed E-state index contributed by atoms with van der Waals surface area (Å²) in [4.78, 5) is 19.1. The van der Waals surface area contributed by atoms with Crippen molar-refractivity contribution in [3.05, 3.63) is 53.6 Å². The number of hydrogen-bond acceptors (Lipinski definition) is 3. The number of piperazine rings is 1. The fourth-order valence-electron chi connectivity index (χ4n) is 2.91. The number of nitrogens with one attached hydrogen (secondary N) is 1. The summed E-state index contributed by atoms with van der Waals surface area (Å²) >= 11 is 0. The van der Waals surface area contributed by atoms with Crippen molar-refractivity contribution in [2.24, 2.45) is 7.05 Å². The van der Waals surface area contributed by atoms with Crippen molar-refractivity contribution in [3.63, 3.8) is 0 Å². The zero-order chi connectivity index (χ0) is 15.5. The third-order valence-corrected chi connectivity index (χ3v) is 4.20. The first-order chi connectivity index (χ1) is 10.6. The Bertz CT molecular complexity index is 653. The van der Waals surface area contributed by atoms with Crippen LogP contribution in [0.2, 0.25) is 0 Å². The van der Waals surface area contributed by atoms with Gasteiger partial charge in [-0.05, 0) is 12.5 Å². The van der Waals surface area contributed by atoms with E-state index in [4.69, 9.17) is 0 Å². The molecule has 1 aromatic heterocycles. The van der Waals surface area contributed by atoms with Crippen molar-refractivity contribution in [1.29, 1.82) is 0 Å². The van der Waals surface area contributed by atoms with Gasteiger partial charge in [0.2, 0.25) is 5.91 Å². The number of nitrogens with zero attached hydrogens (tertiary/aromatic N) is 3. The molecule has 1 aromatic carbocycles. The van der Waals surface area contributed by atoms with Crippen molar-refractivity contribution in [2.75, 3.05) is 19.6 Å². The number of carbonyl (C=O) groups excluding carboxylic acids is 1. The van der Waals surface area contributed by atoms with Crippen LogP contribution in [0.15, 0.2) is 36.7 Å². The van der Waals surface area contributed by atoms with E-state index in [0.29, 0.717) is 6.42 Å². The Morgan fingerprint density at radius 3 is 2.74 bits per heavy atom. The smallest absolute Gasteiger partial charge is 0.227 e. The lowest BCUT2D eigenvalue weighted by atomic mass is 10.1. The molecule has 3 rings (SSSR count). The van der Waals surface area contributed by atoms with Gasteiger partial charge in [0.1, 0.15) is 11.9 Å². The molecule has 1 atom stereocenters. The maximum Gasteiger partial charge on any atom is 0.227 e. The van der Waals surface area contributed by atoms with E-state index < -0.39 is 0 Å². The summed E-state index contributed by atoms with van der Waals surface area (Å²) in [7, 11) is 1.97. The van der Waals surface area contributed by atoms with Crippen molar-refractivity contribution in [1.82, 2.24) is 19.8 Å². The quantitative estimate of drug-likeness (QED) is 0.932. The first kappa shape index (κ1) is 17.5. The highest BCUT2D eigenvalue weighted by molar-refractivity contribution is 5.85. The summed E-state index contributed by atoms with van der Waals surface area (Å²) in [5.41, 5.74) is 2.27. The highest BCUT2D eigenvalue weighted by atomic mass is 35.5. The van der Waals surface area contributed by atoms with Gasteiger partial charge in [-0.15, -0.1) is 12.4 Å². The fourth-order valence-corrected chi connectivity index (χ4v) is 2.91. The minimum absolute atomic E-state index is 0. The van der Waals surface area contributed by atoms with Gasteiger partial charge in [0.25, 0.3) is 0 Å². The summed E-state index contributed by atoms with van der Waals surface area (Å²) in [6, 6.07) is 8.18. The first-order valence-electron chi connectivity index (χ1n) is 7.68. The van der Waals surface area contributed by atoms with Gasteiger partial charge >= 0.3 is 0 Å². The Morgan fingerprint density at radius 1 is 1.35 bits per heavy atom. The molecular weight excluding hydrogens is 312 g/mol. The summed E-state index contributed by atoms with van der Waals surface area (Å²) in [5, 5.41) is 3.36. The van der Waals surface area contributed by atoms with Crippen LogP contribution in [0.3, 0.4) is 0 Å². The fraction of sp³-hybridized carbons (Fsp3) is 0.412. The number of halogens is 1. The normalized spacial score (nSPS) is 17.7. The van der Waals surface area contributed by atoms with Crippen molar-refractivity contribution >= 4 is 18.3 Å². The lowest BCUT2D eigenvalue weighted by Crippen LogP contribution is -2.49. The molecule has 1 aliphatic rings. The molecule has 1 aliphatic heterocycles. The Labute approximate surface area is 143 Å². The molecule has 0 aliphatic carbocycles. The van der Waals surface area contributed by atoms with Crippen molar-refractivity contribution in [3.8, 4) is 0 Å². The van der Waals surface area contributed by atoms with Gasteiger partial charge < -0.3 is 14.8 Å². The van der Waals surface area contributed by atoms with Crippen LogP contribution in [0, 0.1) is 6.92 Å². The molecule has 124 valence electrons. The number of rotatable bonds is 3. The number of imidazole rings is 1. The van der Waals surface area contributed by atoms with E-state index in [1.54, 1.807) is 6.20 Å². The Kier molecular flexibility index (Phi) is 5.80. The summed E-state index contributed by atoms with van der Waals surface area (Å²) in [6.45, 7) is 4.37. The molecule has 1 N–H and O–H groups in total. The molecule has 1 unspecified atom stereocenters. The topological polar surface area (TPSA) is 50.2 Å². The predicted octanol–water partition coefficient (Wildman–Crippen LogP) is 1.87. The lowest BCUT2D eigenvalue weighted by molar-refractivity contribution is -0.134. The molecule has 0 bridgehead atoms.